The normalized spacial score (nSPS) is 13.2. The fourth-order valence-electron chi connectivity index (χ4n) is 2.95. The molecule has 1 heterocycles. The van der Waals surface area contributed by atoms with Crippen molar-refractivity contribution < 1.29 is 23.5 Å². The van der Waals surface area contributed by atoms with Gasteiger partial charge in [-0.1, -0.05) is 66.2 Å². The maximum atomic E-state index is 12.4. The standard InChI is InChI=1S/C22H36O5/c1-5-9-11-17(7-3)13-26-21(23)19-15-25-16-20(19)22(24)27-14-18(8-4)12-10-6-2/h15-18H,5-14H2,1-4H3. The van der Waals surface area contributed by atoms with Crippen LogP contribution >= 0.6 is 0 Å². The lowest BCUT2D eigenvalue weighted by Gasteiger charge is -2.15. The third-order valence-corrected chi connectivity index (χ3v) is 5.09. The van der Waals surface area contributed by atoms with Crippen molar-refractivity contribution in [2.75, 3.05) is 13.2 Å². The lowest BCUT2D eigenvalue weighted by Crippen LogP contribution is -2.18. The van der Waals surface area contributed by atoms with Crippen molar-refractivity contribution in [2.24, 2.45) is 11.8 Å². The van der Waals surface area contributed by atoms with Gasteiger partial charge in [0.1, 0.15) is 23.7 Å². The molecule has 0 saturated carbocycles. The second-order valence-corrected chi connectivity index (χ2v) is 7.23. The molecule has 0 fully saturated rings. The van der Waals surface area contributed by atoms with Crippen LogP contribution in [-0.4, -0.2) is 25.2 Å². The van der Waals surface area contributed by atoms with Gasteiger partial charge in [0.05, 0.1) is 13.2 Å². The predicted molar refractivity (Wildman–Crippen MR) is 106 cm³/mol. The lowest BCUT2D eigenvalue weighted by atomic mass is 10.0. The Morgan fingerprint density at radius 2 is 1.22 bits per heavy atom. The summed E-state index contributed by atoms with van der Waals surface area (Å²) in [5.74, 6) is -0.354. The van der Waals surface area contributed by atoms with Crippen LogP contribution in [0.1, 0.15) is 99.8 Å². The van der Waals surface area contributed by atoms with Gasteiger partial charge >= 0.3 is 11.9 Å². The number of hydrogen-bond donors (Lipinski definition) is 0. The first-order chi connectivity index (χ1) is 13.1. The molecular weight excluding hydrogens is 344 g/mol. The van der Waals surface area contributed by atoms with Gasteiger partial charge in [-0.05, 0) is 24.7 Å². The van der Waals surface area contributed by atoms with Crippen LogP contribution < -0.4 is 0 Å². The first kappa shape index (κ1) is 23.3. The molecule has 2 atom stereocenters. The Morgan fingerprint density at radius 1 is 0.815 bits per heavy atom. The summed E-state index contributed by atoms with van der Waals surface area (Å²) >= 11 is 0. The lowest BCUT2D eigenvalue weighted by molar-refractivity contribution is 0.0383. The molecular formula is C22H36O5. The van der Waals surface area contributed by atoms with E-state index in [0.29, 0.717) is 25.0 Å². The van der Waals surface area contributed by atoms with Gasteiger partial charge in [0.15, 0.2) is 0 Å². The van der Waals surface area contributed by atoms with E-state index in [1.54, 1.807) is 0 Å². The van der Waals surface area contributed by atoms with Crippen LogP contribution in [0.25, 0.3) is 0 Å². The minimum Gasteiger partial charge on any atom is -0.471 e. The first-order valence-corrected chi connectivity index (χ1v) is 10.5. The number of ether oxygens (including phenoxy) is 2. The summed E-state index contributed by atoms with van der Waals surface area (Å²) in [5.41, 5.74) is 0.291. The highest BCUT2D eigenvalue weighted by Crippen LogP contribution is 2.18. The van der Waals surface area contributed by atoms with Crippen LogP contribution in [0.5, 0.6) is 0 Å². The maximum absolute atomic E-state index is 12.4. The van der Waals surface area contributed by atoms with Crippen molar-refractivity contribution in [3.63, 3.8) is 0 Å². The number of furan rings is 1. The molecule has 27 heavy (non-hydrogen) atoms. The number of esters is 2. The van der Waals surface area contributed by atoms with Crippen LogP contribution in [0.2, 0.25) is 0 Å². The largest absolute Gasteiger partial charge is 0.471 e. The Kier molecular flexibility index (Phi) is 11.5. The molecule has 2 unspecified atom stereocenters. The van der Waals surface area contributed by atoms with Crippen LogP contribution in [0.15, 0.2) is 16.9 Å². The van der Waals surface area contributed by atoms with Crippen LogP contribution in [0.4, 0.5) is 0 Å². The highest BCUT2D eigenvalue weighted by Gasteiger charge is 2.23. The molecule has 0 bridgehead atoms. The smallest absolute Gasteiger partial charge is 0.342 e. The molecule has 0 aromatic carbocycles. The summed E-state index contributed by atoms with van der Waals surface area (Å²) in [6, 6.07) is 0. The Bertz CT molecular complexity index is 502. The Morgan fingerprint density at radius 3 is 1.56 bits per heavy atom. The second-order valence-electron chi connectivity index (χ2n) is 7.23. The van der Waals surface area contributed by atoms with Crippen molar-refractivity contribution in [1.82, 2.24) is 0 Å². The number of rotatable bonds is 14. The molecule has 0 aliphatic heterocycles. The quantitative estimate of drug-likeness (QED) is 0.369. The highest BCUT2D eigenvalue weighted by molar-refractivity contribution is 6.02. The monoisotopic (exact) mass is 380 g/mol. The van der Waals surface area contributed by atoms with E-state index in [0.717, 1.165) is 51.4 Å². The molecule has 5 heteroatoms. The van der Waals surface area contributed by atoms with Crippen molar-refractivity contribution in [2.45, 2.75) is 79.1 Å². The van der Waals surface area contributed by atoms with Crippen LogP contribution in [0, 0.1) is 11.8 Å². The molecule has 0 aliphatic carbocycles. The zero-order chi connectivity index (χ0) is 20.1. The van der Waals surface area contributed by atoms with Crippen LogP contribution in [-0.2, 0) is 9.47 Å². The van der Waals surface area contributed by atoms with Gasteiger partial charge in [-0.2, -0.15) is 0 Å². The minimum atomic E-state index is -0.524. The molecule has 154 valence electrons. The highest BCUT2D eigenvalue weighted by atomic mass is 16.5. The third-order valence-electron chi connectivity index (χ3n) is 5.09. The third kappa shape index (κ3) is 8.19. The first-order valence-electron chi connectivity index (χ1n) is 10.5. The van der Waals surface area contributed by atoms with Gasteiger partial charge in [-0.15, -0.1) is 0 Å². The minimum absolute atomic E-state index is 0.145. The van der Waals surface area contributed by atoms with E-state index in [2.05, 4.69) is 27.7 Å². The SMILES string of the molecule is CCCCC(CC)COC(=O)c1cocc1C(=O)OCC(CC)CCCC. The summed E-state index contributed by atoms with van der Waals surface area (Å²) < 4.78 is 15.9. The van der Waals surface area contributed by atoms with E-state index in [1.165, 1.54) is 12.5 Å². The Labute approximate surface area is 163 Å². The summed E-state index contributed by atoms with van der Waals surface area (Å²) in [4.78, 5) is 24.7. The maximum Gasteiger partial charge on any atom is 0.342 e. The fraction of sp³-hybridized carbons (Fsp3) is 0.727. The molecule has 5 nitrogen and oxygen atoms in total. The van der Waals surface area contributed by atoms with E-state index in [4.69, 9.17) is 13.9 Å². The molecule has 0 saturated heterocycles. The van der Waals surface area contributed by atoms with Gasteiger partial charge in [-0.25, -0.2) is 9.59 Å². The average molecular weight is 381 g/mol. The van der Waals surface area contributed by atoms with E-state index in [1.807, 2.05) is 0 Å². The molecule has 0 radical (unpaired) electrons. The fourth-order valence-corrected chi connectivity index (χ4v) is 2.95. The van der Waals surface area contributed by atoms with Gasteiger partial charge in [0.2, 0.25) is 0 Å². The van der Waals surface area contributed by atoms with Gasteiger partial charge in [0, 0.05) is 0 Å². The van der Waals surface area contributed by atoms with Crippen molar-refractivity contribution in [3.05, 3.63) is 23.7 Å². The number of hydrogen-bond acceptors (Lipinski definition) is 5. The Balaban J connectivity index is 2.58. The topological polar surface area (TPSA) is 65.7 Å². The van der Waals surface area contributed by atoms with Gasteiger partial charge in [-0.3, -0.25) is 0 Å². The summed E-state index contributed by atoms with van der Waals surface area (Å²) in [7, 11) is 0. The molecule has 1 aromatic heterocycles. The van der Waals surface area contributed by atoms with E-state index in [9.17, 15) is 9.59 Å². The molecule has 0 aliphatic rings. The van der Waals surface area contributed by atoms with Gasteiger partial charge in [0.25, 0.3) is 0 Å². The van der Waals surface area contributed by atoms with Crippen molar-refractivity contribution in [3.8, 4) is 0 Å². The van der Waals surface area contributed by atoms with Gasteiger partial charge < -0.3 is 13.9 Å². The molecule has 0 amide bonds. The molecule has 0 N–H and O–H groups in total. The average Bonchev–Trinajstić information content (AvgIpc) is 3.18. The van der Waals surface area contributed by atoms with Crippen molar-refractivity contribution in [1.29, 1.82) is 0 Å². The second kappa shape index (κ2) is 13.4. The molecule has 1 rings (SSSR count). The van der Waals surface area contributed by atoms with E-state index >= 15 is 0 Å². The summed E-state index contributed by atoms with van der Waals surface area (Å²) in [6.45, 7) is 9.21. The van der Waals surface area contributed by atoms with E-state index in [-0.39, 0.29) is 11.1 Å². The zero-order valence-electron chi connectivity index (χ0n) is 17.4. The summed E-state index contributed by atoms with van der Waals surface area (Å²) in [6.07, 6.45) is 11.0. The zero-order valence-corrected chi connectivity index (χ0v) is 17.4. The van der Waals surface area contributed by atoms with E-state index < -0.39 is 11.9 Å². The predicted octanol–water partition coefficient (Wildman–Crippen LogP) is 6.03. The van der Waals surface area contributed by atoms with Crippen LogP contribution in [0.3, 0.4) is 0 Å². The molecule has 1 aromatic rings. The number of carbonyl (C=O) groups excluding carboxylic acids is 2. The summed E-state index contributed by atoms with van der Waals surface area (Å²) in [5, 5.41) is 0. The number of carbonyl (C=O) groups is 2. The Hall–Kier alpha value is -1.78. The number of unbranched alkanes of at least 4 members (excludes halogenated alkanes) is 2. The van der Waals surface area contributed by atoms with Crippen molar-refractivity contribution >= 4 is 11.9 Å². The molecule has 0 spiro atoms.